The van der Waals surface area contributed by atoms with Crippen molar-refractivity contribution in [2.75, 3.05) is 13.1 Å². The number of unbranched alkanes of at least 4 members (excludes halogenated alkanes) is 4. The molecule has 4 atom stereocenters. The third kappa shape index (κ3) is 8.17. The van der Waals surface area contributed by atoms with Gasteiger partial charge in [-0.1, -0.05) is 31.9 Å². The van der Waals surface area contributed by atoms with Gasteiger partial charge in [-0.15, -0.1) is 0 Å². The molecule has 2 rings (SSSR count). The molecule has 0 aromatic rings. The van der Waals surface area contributed by atoms with Gasteiger partial charge in [-0.3, -0.25) is 14.4 Å². The minimum atomic E-state index is -0.747. The average molecular weight is 409 g/mol. The summed E-state index contributed by atoms with van der Waals surface area (Å²) in [6, 6.07) is 0. The smallest absolute Gasteiger partial charge is 0.303 e. The van der Waals surface area contributed by atoms with E-state index < -0.39 is 5.97 Å². The van der Waals surface area contributed by atoms with Crippen molar-refractivity contribution in [3.63, 3.8) is 0 Å². The van der Waals surface area contributed by atoms with Crippen molar-refractivity contribution < 1.29 is 24.2 Å². The molecule has 0 unspecified atom stereocenters. The number of allylic oxidation sites excluding steroid dienone is 1. The van der Waals surface area contributed by atoms with E-state index in [4.69, 9.17) is 9.84 Å². The molecule has 0 spiro atoms. The van der Waals surface area contributed by atoms with Gasteiger partial charge in [0, 0.05) is 31.2 Å². The van der Waals surface area contributed by atoms with Gasteiger partial charge in [-0.25, -0.2) is 0 Å². The Labute approximate surface area is 173 Å². The lowest BCUT2D eigenvalue weighted by atomic mass is 9.79. The number of aliphatic carboxylic acids is 1. The molecule has 2 bridgehead atoms. The van der Waals surface area contributed by atoms with Crippen LogP contribution in [0.15, 0.2) is 12.2 Å². The maximum absolute atomic E-state index is 12.1. The van der Waals surface area contributed by atoms with Gasteiger partial charge >= 0.3 is 5.97 Å². The van der Waals surface area contributed by atoms with Crippen LogP contribution in [0.3, 0.4) is 0 Å². The summed E-state index contributed by atoms with van der Waals surface area (Å²) < 4.78 is 6.04. The molecular weight excluding hydrogens is 372 g/mol. The number of carboxylic acid groups (broad SMARTS) is 1. The van der Waals surface area contributed by atoms with E-state index in [1.165, 1.54) is 0 Å². The summed E-state index contributed by atoms with van der Waals surface area (Å²) in [5.41, 5.74) is 0. The fourth-order valence-electron chi connectivity index (χ4n) is 4.23. The average Bonchev–Trinajstić information content (AvgIpc) is 3.29. The van der Waals surface area contributed by atoms with E-state index in [1.807, 2.05) is 0 Å². The molecular formula is C22H36N2O5. The van der Waals surface area contributed by atoms with Gasteiger partial charge in [0.1, 0.15) is 0 Å². The summed E-state index contributed by atoms with van der Waals surface area (Å²) >= 11 is 0. The molecule has 2 heterocycles. The number of ether oxygens (including phenoxy) is 1. The van der Waals surface area contributed by atoms with Gasteiger partial charge in [-0.2, -0.15) is 0 Å². The topological polar surface area (TPSA) is 105 Å². The molecule has 0 aromatic heterocycles. The highest BCUT2D eigenvalue weighted by Gasteiger charge is 2.47. The van der Waals surface area contributed by atoms with Gasteiger partial charge in [0.2, 0.25) is 11.8 Å². The van der Waals surface area contributed by atoms with E-state index >= 15 is 0 Å². The second-order valence-corrected chi connectivity index (χ2v) is 8.14. The van der Waals surface area contributed by atoms with Crippen LogP contribution in [0, 0.1) is 11.8 Å². The maximum atomic E-state index is 12.1. The molecule has 3 N–H and O–H groups in total. The fraction of sp³-hybridized carbons (Fsp3) is 0.773. The van der Waals surface area contributed by atoms with E-state index in [-0.39, 0.29) is 48.8 Å². The van der Waals surface area contributed by atoms with Crippen LogP contribution >= 0.6 is 0 Å². The zero-order valence-corrected chi connectivity index (χ0v) is 17.5. The van der Waals surface area contributed by atoms with Gasteiger partial charge in [0.15, 0.2) is 0 Å². The van der Waals surface area contributed by atoms with Crippen molar-refractivity contribution in [1.82, 2.24) is 10.6 Å². The summed E-state index contributed by atoms with van der Waals surface area (Å²) in [5.74, 6) is -0.428. The van der Waals surface area contributed by atoms with Crippen molar-refractivity contribution in [1.29, 1.82) is 0 Å². The van der Waals surface area contributed by atoms with Crippen LogP contribution in [0.4, 0.5) is 0 Å². The van der Waals surface area contributed by atoms with Crippen LogP contribution in [0.1, 0.15) is 71.1 Å². The van der Waals surface area contributed by atoms with Crippen LogP contribution in [0.25, 0.3) is 0 Å². The first-order valence-electron chi connectivity index (χ1n) is 11.1. The number of carboxylic acids is 1. The molecule has 7 heteroatoms. The fourth-order valence-corrected chi connectivity index (χ4v) is 4.23. The Balaban J connectivity index is 1.68. The van der Waals surface area contributed by atoms with Gasteiger partial charge < -0.3 is 20.5 Å². The van der Waals surface area contributed by atoms with Crippen LogP contribution < -0.4 is 10.6 Å². The number of nitrogens with one attached hydrogen (secondary N) is 2. The Morgan fingerprint density at radius 2 is 1.76 bits per heavy atom. The molecule has 2 fully saturated rings. The molecule has 0 aromatic carbocycles. The minimum absolute atomic E-state index is 0.0245. The highest BCUT2D eigenvalue weighted by molar-refractivity contribution is 5.84. The molecule has 2 amide bonds. The number of fused-ring (bicyclic) bond motifs is 2. The number of carbonyl (C=O) groups is 3. The van der Waals surface area contributed by atoms with Gasteiger partial charge in [0.25, 0.3) is 0 Å². The molecule has 2 saturated heterocycles. The third-order valence-corrected chi connectivity index (χ3v) is 5.84. The second kappa shape index (κ2) is 12.6. The van der Waals surface area contributed by atoms with Crippen LogP contribution in [0.5, 0.6) is 0 Å². The van der Waals surface area contributed by atoms with E-state index in [9.17, 15) is 14.4 Å². The van der Waals surface area contributed by atoms with Crippen molar-refractivity contribution >= 4 is 17.8 Å². The molecule has 2 aliphatic heterocycles. The predicted octanol–water partition coefficient (Wildman–Crippen LogP) is 2.79. The summed E-state index contributed by atoms with van der Waals surface area (Å²) in [7, 11) is 0. The van der Waals surface area contributed by atoms with Gasteiger partial charge in [-0.05, 0) is 38.5 Å². The Morgan fingerprint density at radius 3 is 2.52 bits per heavy atom. The van der Waals surface area contributed by atoms with E-state index in [0.717, 1.165) is 44.9 Å². The Hall–Kier alpha value is -1.89. The Kier molecular flexibility index (Phi) is 10.2. The Bertz CT molecular complexity index is 578. The predicted molar refractivity (Wildman–Crippen MR) is 110 cm³/mol. The minimum Gasteiger partial charge on any atom is -0.481 e. The molecule has 7 nitrogen and oxygen atoms in total. The normalized spacial score (nSPS) is 25.4. The first kappa shape index (κ1) is 23.4. The standard InChI is InChI=1S/C22H36N2O5/c1-2-3-6-10-20(25)24-15-21(26)23-14-17-16(18-12-13-19(17)29-18)9-7-4-5-8-11-22(27)28/h7,9,16-19H,2-6,8,10-15H2,1H3,(H,23,26)(H,24,25)(H,27,28)/t16-,17+,18-,19+/m0/s1. The van der Waals surface area contributed by atoms with E-state index in [1.54, 1.807) is 0 Å². The lowest BCUT2D eigenvalue weighted by Gasteiger charge is -2.26. The molecule has 0 aliphatic carbocycles. The summed E-state index contributed by atoms with van der Waals surface area (Å²) in [6.07, 6.45) is 12.9. The zero-order valence-electron chi connectivity index (χ0n) is 17.5. The third-order valence-electron chi connectivity index (χ3n) is 5.84. The Morgan fingerprint density at radius 1 is 1.00 bits per heavy atom. The number of hydrogen-bond acceptors (Lipinski definition) is 4. The van der Waals surface area contributed by atoms with Crippen LogP contribution in [-0.2, 0) is 19.1 Å². The molecule has 2 aliphatic rings. The molecule has 0 radical (unpaired) electrons. The quantitative estimate of drug-likeness (QED) is 0.303. The number of hydrogen-bond donors (Lipinski definition) is 3. The number of amides is 2. The van der Waals surface area contributed by atoms with Crippen molar-refractivity contribution in [2.45, 2.75) is 83.3 Å². The summed E-state index contributed by atoms with van der Waals surface area (Å²) in [4.78, 5) is 34.4. The van der Waals surface area contributed by atoms with Crippen LogP contribution in [-0.4, -0.2) is 48.2 Å². The molecule has 164 valence electrons. The van der Waals surface area contributed by atoms with Crippen molar-refractivity contribution in [3.8, 4) is 0 Å². The first-order valence-corrected chi connectivity index (χ1v) is 11.1. The van der Waals surface area contributed by atoms with Crippen molar-refractivity contribution in [3.05, 3.63) is 12.2 Å². The van der Waals surface area contributed by atoms with Crippen molar-refractivity contribution in [2.24, 2.45) is 11.8 Å². The highest BCUT2D eigenvalue weighted by Crippen LogP contribution is 2.43. The van der Waals surface area contributed by atoms with Crippen LogP contribution in [0.2, 0.25) is 0 Å². The maximum Gasteiger partial charge on any atom is 0.303 e. The summed E-state index contributed by atoms with van der Waals surface area (Å²) in [5, 5.41) is 14.3. The number of carbonyl (C=O) groups excluding carboxylic acids is 2. The first-order chi connectivity index (χ1) is 14.0. The number of rotatable bonds is 14. The molecule has 0 saturated carbocycles. The lowest BCUT2D eigenvalue weighted by molar-refractivity contribution is -0.137. The van der Waals surface area contributed by atoms with Gasteiger partial charge in [0.05, 0.1) is 18.8 Å². The largest absolute Gasteiger partial charge is 0.481 e. The van der Waals surface area contributed by atoms with E-state index in [2.05, 4.69) is 29.7 Å². The monoisotopic (exact) mass is 408 g/mol. The zero-order chi connectivity index (χ0) is 21.1. The van der Waals surface area contributed by atoms with E-state index in [0.29, 0.717) is 19.4 Å². The SMILES string of the molecule is CCCCCC(=O)NCC(=O)NC[C@@H]1[C@H](C=CCCCCC(=O)O)[C@@H]2CC[C@H]1O2. The highest BCUT2D eigenvalue weighted by atomic mass is 16.5. The summed E-state index contributed by atoms with van der Waals surface area (Å²) in [6.45, 7) is 2.67. The molecule has 29 heavy (non-hydrogen) atoms. The second-order valence-electron chi connectivity index (χ2n) is 8.14. The lowest BCUT2D eigenvalue weighted by Crippen LogP contribution is -2.42.